The van der Waals surface area contributed by atoms with Crippen LogP contribution < -0.4 is 10.0 Å². The Hall–Kier alpha value is -2.96. The molecule has 0 saturated heterocycles. The Morgan fingerprint density at radius 3 is 2.14 bits per heavy atom. The second-order valence-electron chi connectivity index (χ2n) is 6.66. The summed E-state index contributed by atoms with van der Waals surface area (Å²) in [6.07, 6.45) is 0. The van der Waals surface area contributed by atoms with Crippen molar-refractivity contribution in [2.45, 2.75) is 25.3 Å². The van der Waals surface area contributed by atoms with Gasteiger partial charge in [-0.15, -0.1) is 0 Å². The Balaban J connectivity index is 1.67. The monoisotopic (exact) mass is 394 g/mol. The molecular formula is C22H22N2O3S. The number of carbonyl (C=O) groups is 1. The number of nitrogens with one attached hydrogen (secondary N) is 2. The molecule has 5 nitrogen and oxygen atoms in total. The summed E-state index contributed by atoms with van der Waals surface area (Å²) in [6, 6.07) is 21.0. The van der Waals surface area contributed by atoms with Crippen molar-refractivity contribution in [3.05, 3.63) is 95.1 Å². The highest BCUT2D eigenvalue weighted by atomic mass is 32.2. The lowest BCUT2D eigenvalue weighted by Gasteiger charge is -2.09. The lowest BCUT2D eigenvalue weighted by atomic mass is 10.1. The summed E-state index contributed by atoms with van der Waals surface area (Å²) in [5.74, 6) is -0.290. The molecule has 0 radical (unpaired) electrons. The van der Waals surface area contributed by atoms with Gasteiger partial charge in [-0.05, 0) is 61.4 Å². The highest BCUT2D eigenvalue weighted by Crippen LogP contribution is 2.15. The van der Waals surface area contributed by atoms with Crippen LogP contribution in [0.25, 0.3) is 0 Å². The molecule has 3 rings (SSSR count). The Morgan fingerprint density at radius 2 is 1.50 bits per heavy atom. The minimum absolute atomic E-state index is 0.118. The molecule has 2 N–H and O–H groups in total. The zero-order valence-corrected chi connectivity index (χ0v) is 16.6. The van der Waals surface area contributed by atoms with Crippen molar-refractivity contribution < 1.29 is 13.2 Å². The van der Waals surface area contributed by atoms with Gasteiger partial charge in [0.1, 0.15) is 0 Å². The summed E-state index contributed by atoms with van der Waals surface area (Å²) in [5.41, 5.74) is 4.08. The van der Waals surface area contributed by atoms with E-state index in [1.54, 1.807) is 6.07 Å². The molecule has 144 valence electrons. The summed E-state index contributed by atoms with van der Waals surface area (Å²) in [4.78, 5) is 12.5. The molecule has 0 atom stereocenters. The number of aryl methyl sites for hydroxylation is 2. The van der Waals surface area contributed by atoms with E-state index in [4.69, 9.17) is 0 Å². The predicted octanol–water partition coefficient (Wildman–Crippen LogP) is 4.03. The fourth-order valence-corrected chi connectivity index (χ4v) is 3.81. The Bertz CT molecular complexity index is 1090. The van der Waals surface area contributed by atoms with Crippen molar-refractivity contribution in [1.82, 2.24) is 4.72 Å². The van der Waals surface area contributed by atoms with Crippen LogP contribution in [0.1, 0.15) is 27.0 Å². The largest absolute Gasteiger partial charge is 0.322 e. The van der Waals surface area contributed by atoms with Gasteiger partial charge in [0.25, 0.3) is 5.91 Å². The van der Waals surface area contributed by atoms with E-state index >= 15 is 0 Å². The SMILES string of the molecule is Cc1cccc(CNS(=O)(=O)c2ccc(C(=O)Nc3cccc(C)c3)cc2)c1. The molecule has 0 aliphatic rings. The fraction of sp³-hybridized carbons (Fsp3) is 0.136. The van der Waals surface area contributed by atoms with E-state index in [1.807, 2.05) is 56.3 Å². The van der Waals surface area contributed by atoms with Gasteiger partial charge in [-0.2, -0.15) is 0 Å². The zero-order chi connectivity index (χ0) is 20.1. The molecule has 0 aliphatic carbocycles. The molecular weight excluding hydrogens is 372 g/mol. The number of rotatable bonds is 6. The molecule has 0 heterocycles. The van der Waals surface area contributed by atoms with Crippen molar-refractivity contribution in [1.29, 1.82) is 0 Å². The van der Waals surface area contributed by atoms with Crippen molar-refractivity contribution >= 4 is 21.6 Å². The first kappa shape index (κ1) is 19.8. The molecule has 0 aromatic heterocycles. The first-order chi connectivity index (χ1) is 13.3. The summed E-state index contributed by atoms with van der Waals surface area (Å²) in [6.45, 7) is 4.11. The van der Waals surface area contributed by atoms with Gasteiger partial charge in [0.2, 0.25) is 10.0 Å². The molecule has 0 unspecified atom stereocenters. The number of hydrogen-bond donors (Lipinski definition) is 2. The lowest BCUT2D eigenvalue weighted by Crippen LogP contribution is -2.23. The Labute approximate surface area is 165 Å². The molecule has 0 spiro atoms. The van der Waals surface area contributed by atoms with Crippen molar-refractivity contribution in [2.24, 2.45) is 0 Å². The average molecular weight is 394 g/mol. The van der Waals surface area contributed by atoms with E-state index < -0.39 is 10.0 Å². The van der Waals surface area contributed by atoms with Gasteiger partial charge in [0, 0.05) is 17.8 Å². The second kappa shape index (κ2) is 8.37. The molecule has 3 aromatic rings. The number of anilines is 1. The third-order valence-corrected chi connectivity index (χ3v) is 5.67. The predicted molar refractivity (Wildman–Crippen MR) is 111 cm³/mol. The van der Waals surface area contributed by atoms with Crippen LogP contribution in [-0.2, 0) is 16.6 Å². The number of hydrogen-bond acceptors (Lipinski definition) is 3. The van der Waals surface area contributed by atoms with Crippen LogP contribution >= 0.6 is 0 Å². The summed E-state index contributed by atoms with van der Waals surface area (Å²) < 4.78 is 27.6. The van der Waals surface area contributed by atoms with Crippen molar-refractivity contribution in [2.75, 3.05) is 5.32 Å². The van der Waals surface area contributed by atoms with Gasteiger partial charge in [0.05, 0.1) is 4.90 Å². The first-order valence-corrected chi connectivity index (χ1v) is 10.4. The maximum absolute atomic E-state index is 12.5. The number of benzene rings is 3. The maximum atomic E-state index is 12.5. The average Bonchev–Trinajstić information content (AvgIpc) is 2.67. The van der Waals surface area contributed by atoms with Gasteiger partial charge < -0.3 is 5.32 Å². The van der Waals surface area contributed by atoms with Gasteiger partial charge in [0.15, 0.2) is 0 Å². The Kier molecular flexibility index (Phi) is 5.92. The van der Waals surface area contributed by atoms with E-state index in [-0.39, 0.29) is 17.3 Å². The first-order valence-electron chi connectivity index (χ1n) is 8.87. The molecule has 3 aromatic carbocycles. The maximum Gasteiger partial charge on any atom is 0.255 e. The van der Waals surface area contributed by atoms with E-state index in [1.165, 1.54) is 24.3 Å². The van der Waals surface area contributed by atoms with Crippen LogP contribution in [0.3, 0.4) is 0 Å². The van der Waals surface area contributed by atoms with Crippen molar-refractivity contribution in [3.63, 3.8) is 0 Å². The van der Waals surface area contributed by atoms with Crippen molar-refractivity contribution in [3.8, 4) is 0 Å². The van der Waals surface area contributed by atoms with Crippen LogP contribution in [0.2, 0.25) is 0 Å². The number of amides is 1. The third kappa shape index (κ3) is 5.06. The molecule has 0 fully saturated rings. The fourth-order valence-electron chi connectivity index (χ4n) is 2.80. The highest BCUT2D eigenvalue weighted by molar-refractivity contribution is 7.89. The normalized spacial score (nSPS) is 11.2. The van der Waals surface area contributed by atoms with Crippen LogP contribution in [0, 0.1) is 13.8 Å². The molecule has 0 saturated carbocycles. The lowest BCUT2D eigenvalue weighted by molar-refractivity contribution is 0.102. The number of sulfonamides is 1. The molecule has 28 heavy (non-hydrogen) atoms. The molecule has 0 bridgehead atoms. The van der Waals surface area contributed by atoms with Crippen LogP contribution in [0.15, 0.2) is 77.7 Å². The summed E-state index contributed by atoms with van der Waals surface area (Å²) in [5, 5.41) is 2.81. The zero-order valence-electron chi connectivity index (χ0n) is 15.8. The van der Waals surface area contributed by atoms with Gasteiger partial charge in [-0.1, -0.05) is 42.0 Å². The van der Waals surface area contributed by atoms with E-state index in [0.717, 1.165) is 16.7 Å². The van der Waals surface area contributed by atoms with Gasteiger partial charge >= 0.3 is 0 Å². The van der Waals surface area contributed by atoms with Gasteiger partial charge in [-0.25, -0.2) is 13.1 Å². The molecule has 6 heteroatoms. The molecule has 1 amide bonds. The van der Waals surface area contributed by atoms with E-state index in [9.17, 15) is 13.2 Å². The topological polar surface area (TPSA) is 75.3 Å². The quantitative estimate of drug-likeness (QED) is 0.663. The number of carbonyl (C=O) groups excluding carboxylic acids is 1. The third-order valence-electron chi connectivity index (χ3n) is 4.25. The summed E-state index contributed by atoms with van der Waals surface area (Å²) in [7, 11) is -3.66. The van der Waals surface area contributed by atoms with Crippen LogP contribution in [-0.4, -0.2) is 14.3 Å². The minimum atomic E-state index is -3.66. The van der Waals surface area contributed by atoms with Crippen LogP contribution in [0.4, 0.5) is 5.69 Å². The smallest absolute Gasteiger partial charge is 0.255 e. The molecule has 0 aliphatic heterocycles. The summed E-state index contributed by atoms with van der Waals surface area (Å²) >= 11 is 0. The standard InChI is InChI=1S/C22H22N2O3S/c1-16-5-3-7-18(13-16)15-23-28(26,27)21-11-9-19(10-12-21)22(25)24-20-8-4-6-17(2)14-20/h3-14,23H,15H2,1-2H3,(H,24,25). The highest BCUT2D eigenvalue weighted by Gasteiger charge is 2.15. The van der Waals surface area contributed by atoms with Gasteiger partial charge in [-0.3, -0.25) is 4.79 Å². The van der Waals surface area contributed by atoms with E-state index in [2.05, 4.69) is 10.0 Å². The second-order valence-corrected chi connectivity index (χ2v) is 8.43. The minimum Gasteiger partial charge on any atom is -0.322 e. The van der Waals surface area contributed by atoms with E-state index in [0.29, 0.717) is 11.3 Å². The Morgan fingerprint density at radius 1 is 0.857 bits per heavy atom. The van der Waals surface area contributed by atoms with Crippen LogP contribution in [0.5, 0.6) is 0 Å².